The van der Waals surface area contributed by atoms with Crippen molar-refractivity contribution in [3.8, 4) is 5.75 Å². The van der Waals surface area contributed by atoms with E-state index in [-0.39, 0.29) is 23.0 Å². The Balaban J connectivity index is 2.07. The minimum atomic E-state index is -4.19. The van der Waals surface area contributed by atoms with Gasteiger partial charge in [0.25, 0.3) is 10.0 Å². The number of carbonyl (C=O) groups excluding carboxylic acids is 2. The van der Waals surface area contributed by atoms with Crippen molar-refractivity contribution in [1.29, 1.82) is 0 Å². The molecule has 0 fully saturated rings. The molecule has 0 aromatic heterocycles. The van der Waals surface area contributed by atoms with Gasteiger partial charge in [0.15, 0.2) is 0 Å². The van der Waals surface area contributed by atoms with Gasteiger partial charge in [0.2, 0.25) is 11.8 Å². The Morgan fingerprint density at radius 2 is 1.59 bits per heavy atom. The van der Waals surface area contributed by atoms with Crippen molar-refractivity contribution in [2.45, 2.75) is 64.6 Å². The van der Waals surface area contributed by atoms with Crippen molar-refractivity contribution in [3.05, 3.63) is 88.4 Å². The van der Waals surface area contributed by atoms with Crippen LogP contribution in [-0.4, -0.2) is 50.4 Å². The molecule has 0 radical (unpaired) electrons. The third kappa shape index (κ3) is 8.01. The Kier molecular flexibility index (Phi) is 10.1. The number of carbonyl (C=O) groups is 2. The number of methoxy groups -OCH3 is 1. The summed E-state index contributed by atoms with van der Waals surface area (Å²) in [7, 11) is -2.63. The van der Waals surface area contributed by atoms with Crippen LogP contribution in [0.3, 0.4) is 0 Å². The highest BCUT2D eigenvalue weighted by Gasteiger charge is 2.34. The van der Waals surface area contributed by atoms with E-state index >= 15 is 0 Å². The van der Waals surface area contributed by atoms with Crippen molar-refractivity contribution in [2.75, 3.05) is 18.0 Å². The van der Waals surface area contributed by atoms with E-state index in [0.717, 1.165) is 15.4 Å². The van der Waals surface area contributed by atoms with Gasteiger partial charge in [0.05, 0.1) is 17.7 Å². The van der Waals surface area contributed by atoms with Crippen LogP contribution in [0.4, 0.5) is 5.69 Å². The second-order valence-electron chi connectivity index (χ2n) is 11.0. The molecular weight excluding hydrogens is 562 g/mol. The molecular formula is C31H38ClN3O5S. The van der Waals surface area contributed by atoms with Crippen molar-refractivity contribution >= 4 is 39.1 Å². The highest BCUT2D eigenvalue weighted by atomic mass is 35.5. The molecule has 2 amide bonds. The van der Waals surface area contributed by atoms with Crippen LogP contribution < -0.4 is 14.4 Å². The average molecular weight is 600 g/mol. The minimum Gasteiger partial charge on any atom is -0.497 e. The van der Waals surface area contributed by atoms with E-state index in [1.54, 1.807) is 75.6 Å². The Morgan fingerprint density at radius 3 is 2.15 bits per heavy atom. The molecule has 0 saturated carbocycles. The van der Waals surface area contributed by atoms with Crippen LogP contribution in [0.5, 0.6) is 5.75 Å². The highest BCUT2D eigenvalue weighted by molar-refractivity contribution is 7.92. The molecule has 1 atom stereocenters. The summed E-state index contributed by atoms with van der Waals surface area (Å²) in [6.45, 7) is 10.3. The molecule has 0 heterocycles. The zero-order valence-electron chi connectivity index (χ0n) is 24.6. The lowest BCUT2D eigenvalue weighted by atomic mass is 10.1. The number of aryl methyl sites for hydroxylation is 1. The number of anilines is 1. The molecule has 0 aliphatic heterocycles. The van der Waals surface area contributed by atoms with Crippen molar-refractivity contribution in [1.82, 2.24) is 10.2 Å². The summed E-state index contributed by atoms with van der Waals surface area (Å²) in [6.07, 6.45) is 0. The largest absolute Gasteiger partial charge is 0.497 e. The van der Waals surface area contributed by atoms with Gasteiger partial charge in [-0.25, -0.2) is 8.42 Å². The minimum absolute atomic E-state index is 0.0375. The maximum absolute atomic E-state index is 14.1. The summed E-state index contributed by atoms with van der Waals surface area (Å²) in [6, 6.07) is 17.6. The topological polar surface area (TPSA) is 96.0 Å². The van der Waals surface area contributed by atoms with Crippen LogP contribution in [0.2, 0.25) is 5.02 Å². The van der Waals surface area contributed by atoms with Gasteiger partial charge in [-0.3, -0.25) is 13.9 Å². The number of amides is 2. The van der Waals surface area contributed by atoms with E-state index in [9.17, 15) is 18.0 Å². The summed E-state index contributed by atoms with van der Waals surface area (Å²) >= 11 is 6.38. The Bertz CT molecular complexity index is 1480. The van der Waals surface area contributed by atoms with Crippen LogP contribution in [0.15, 0.2) is 71.6 Å². The number of nitrogens with one attached hydrogen (secondary N) is 1. The zero-order valence-corrected chi connectivity index (χ0v) is 26.1. The van der Waals surface area contributed by atoms with E-state index in [2.05, 4.69) is 5.32 Å². The number of halogens is 1. The molecule has 8 nitrogen and oxygen atoms in total. The fourth-order valence-electron chi connectivity index (χ4n) is 4.20. The monoisotopic (exact) mass is 599 g/mol. The van der Waals surface area contributed by atoms with Crippen molar-refractivity contribution in [2.24, 2.45) is 0 Å². The summed E-state index contributed by atoms with van der Waals surface area (Å²) in [5.74, 6) is -0.254. The zero-order chi connectivity index (χ0) is 30.5. The first-order chi connectivity index (χ1) is 19.1. The Hall–Kier alpha value is -3.56. The van der Waals surface area contributed by atoms with E-state index in [0.29, 0.717) is 16.3 Å². The second-order valence-corrected chi connectivity index (χ2v) is 13.3. The maximum Gasteiger partial charge on any atom is 0.264 e. The number of nitrogens with zero attached hydrogens (tertiary/aromatic N) is 2. The van der Waals surface area contributed by atoms with Crippen LogP contribution in [0, 0.1) is 13.8 Å². The van der Waals surface area contributed by atoms with E-state index in [1.807, 2.05) is 27.7 Å². The normalized spacial score (nSPS) is 12.4. The van der Waals surface area contributed by atoms with E-state index < -0.39 is 34.1 Å². The molecule has 3 aromatic rings. The standard InChI is InChI=1S/C31H38ClN3O5S/c1-21-11-17-26(18-12-21)41(38,39)35(28-10-8-9-27(32)22(28)2)20-29(36)34(23(3)30(37)33-31(4,5)6)19-24-13-15-25(40-7)16-14-24/h8-18,23H,19-20H2,1-7H3,(H,33,37)/t23-/m1/s1. The number of hydrogen-bond acceptors (Lipinski definition) is 5. The second kappa shape index (κ2) is 13.0. The van der Waals surface area contributed by atoms with Gasteiger partial charge in [-0.1, -0.05) is 47.5 Å². The van der Waals surface area contributed by atoms with E-state index in [4.69, 9.17) is 16.3 Å². The molecule has 0 unspecified atom stereocenters. The fraction of sp³-hybridized carbons (Fsp3) is 0.355. The molecule has 220 valence electrons. The molecule has 3 rings (SSSR count). The molecule has 0 spiro atoms. The van der Waals surface area contributed by atoms with Gasteiger partial charge < -0.3 is 15.0 Å². The summed E-state index contributed by atoms with van der Waals surface area (Å²) in [5, 5.41) is 3.29. The van der Waals surface area contributed by atoms with E-state index in [1.165, 1.54) is 17.0 Å². The van der Waals surface area contributed by atoms with Crippen molar-refractivity contribution in [3.63, 3.8) is 0 Å². The van der Waals surface area contributed by atoms with Crippen LogP contribution >= 0.6 is 11.6 Å². The Morgan fingerprint density at radius 1 is 0.976 bits per heavy atom. The lowest BCUT2D eigenvalue weighted by Gasteiger charge is -2.34. The molecule has 0 aliphatic carbocycles. The average Bonchev–Trinajstić information content (AvgIpc) is 2.91. The molecule has 1 N–H and O–H groups in total. The predicted octanol–water partition coefficient (Wildman–Crippen LogP) is 5.49. The number of rotatable bonds is 10. The number of hydrogen-bond donors (Lipinski definition) is 1. The summed E-state index contributed by atoms with van der Waals surface area (Å²) < 4.78 is 34.3. The first-order valence-corrected chi connectivity index (χ1v) is 15.0. The third-order valence-corrected chi connectivity index (χ3v) is 8.76. The van der Waals surface area contributed by atoms with Crippen LogP contribution in [0.1, 0.15) is 44.4 Å². The number of sulfonamides is 1. The summed E-state index contributed by atoms with van der Waals surface area (Å²) in [4.78, 5) is 28.7. The lowest BCUT2D eigenvalue weighted by Crippen LogP contribution is -2.54. The molecule has 41 heavy (non-hydrogen) atoms. The van der Waals surface area contributed by atoms with Crippen LogP contribution in [-0.2, 0) is 26.2 Å². The lowest BCUT2D eigenvalue weighted by molar-refractivity contribution is -0.140. The maximum atomic E-state index is 14.1. The van der Waals surface area contributed by atoms with Gasteiger partial charge in [0.1, 0.15) is 18.3 Å². The first kappa shape index (κ1) is 32.0. The molecule has 0 bridgehead atoms. The highest BCUT2D eigenvalue weighted by Crippen LogP contribution is 2.31. The fourth-order valence-corrected chi connectivity index (χ4v) is 5.84. The van der Waals surface area contributed by atoms with Gasteiger partial charge in [0, 0.05) is 17.1 Å². The number of ether oxygens (including phenoxy) is 1. The molecule has 3 aromatic carbocycles. The van der Waals surface area contributed by atoms with Gasteiger partial charge in [-0.15, -0.1) is 0 Å². The molecule has 0 aliphatic rings. The van der Waals surface area contributed by atoms with Crippen molar-refractivity contribution < 1.29 is 22.7 Å². The predicted molar refractivity (Wildman–Crippen MR) is 163 cm³/mol. The SMILES string of the molecule is COc1ccc(CN(C(=O)CN(c2cccc(Cl)c2C)S(=O)(=O)c2ccc(C)cc2)[C@H](C)C(=O)NC(C)(C)C)cc1. The van der Waals surface area contributed by atoms with Gasteiger partial charge in [-0.2, -0.15) is 0 Å². The Labute approximate surface area is 248 Å². The first-order valence-electron chi connectivity index (χ1n) is 13.2. The molecule has 0 saturated heterocycles. The summed E-state index contributed by atoms with van der Waals surface area (Å²) in [5.41, 5.74) is 1.91. The quantitative estimate of drug-likeness (QED) is 0.332. The van der Waals surface area contributed by atoms with Crippen LogP contribution in [0.25, 0.3) is 0 Å². The van der Waals surface area contributed by atoms with Gasteiger partial charge in [-0.05, 0) is 89.1 Å². The molecule has 10 heteroatoms. The third-order valence-electron chi connectivity index (χ3n) is 6.57. The number of benzene rings is 3. The smallest absolute Gasteiger partial charge is 0.264 e. The van der Waals surface area contributed by atoms with Gasteiger partial charge >= 0.3 is 0 Å².